The van der Waals surface area contributed by atoms with Gasteiger partial charge in [-0.05, 0) is 48.7 Å². The first kappa shape index (κ1) is 14.0. The first-order chi connectivity index (χ1) is 9.65. The Morgan fingerprint density at radius 3 is 2.70 bits per heavy atom. The Balaban J connectivity index is 2.15. The third-order valence-corrected chi connectivity index (χ3v) is 3.47. The lowest BCUT2D eigenvalue weighted by Crippen LogP contribution is -2.02. The van der Waals surface area contributed by atoms with Gasteiger partial charge in [-0.3, -0.25) is 0 Å². The predicted molar refractivity (Wildman–Crippen MR) is 81.0 cm³/mol. The molecule has 3 nitrogen and oxygen atoms in total. The molecule has 0 saturated carbocycles. The zero-order valence-electron chi connectivity index (χ0n) is 12.0. The molecule has 1 N–H and O–H groups in total. The van der Waals surface area contributed by atoms with E-state index in [4.69, 9.17) is 10.00 Å². The van der Waals surface area contributed by atoms with Gasteiger partial charge in [0, 0.05) is 12.2 Å². The second-order valence-corrected chi connectivity index (χ2v) is 4.75. The molecule has 0 spiro atoms. The van der Waals surface area contributed by atoms with Gasteiger partial charge in [-0.2, -0.15) is 5.26 Å². The molecule has 0 saturated heterocycles. The lowest BCUT2D eigenvalue weighted by Gasteiger charge is -2.12. The van der Waals surface area contributed by atoms with Crippen molar-refractivity contribution in [3.05, 3.63) is 58.7 Å². The first-order valence-corrected chi connectivity index (χ1v) is 6.53. The van der Waals surface area contributed by atoms with Crippen LogP contribution in [0.25, 0.3) is 0 Å². The maximum Gasteiger partial charge on any atom is 0.136 e. The number of hydrogen-bond acceptors (Lipinski definition) is 3. The predicted octanol–water partition coefficient (Wildman–Crippen LogP) is 3.80. The number of nitrogens with one attached hydrogen (secondary N) is 1. The first-order valence-electron chi connectivity index (χ1n) is 6.53. The quantitative estimate of drug-likeness (QED) is 0.915. The van der Waals surface area contributed by atoms with Gasteiger partial charge in [-0.25, -0.2) is 0 Å². The summed E-state index contributed by atoms with van der Waals surface area (Å²) in [6.45, 7) is 4.91. The Morgan fingerprint density at radius 1 is 1.20 bits per heavy atom. The third kappa shape index (κ3) is 2.92. The highest BCUT2D eigenvalue weighted by Gasteiger charge is 2.05. The van der Waals surface area contributed by atoms with Gasteiger partial charge in [-0.15, -0.1) is 0 Å². The summed E-state index contributed by atoms with van der Waals surface area (Å²) in [6, 6.07) is 14.0. The molecule has 0 aliphatic carbocycles. The summed E-state index contributed by atoms with van der Waals surface area (Å²) in [5, 5.41) is 12.4. The molecule has 0 fully saturated rings. The third-order valence-electron chi connectivity index (χ3n) is 3.47. The van der Waals surface area contributed by atoms with E-state index in [1.807, 2.05) is 18.2 Å². The molecular formula is C17H18N2O. The van der Waals surface area contributed by atoms with Gasteiger partial charge in [-0.1, -0.05) is 18.2 Å². The number of aryl methyl sites for hydroxylation is 1. The van der Waals surface area contributed by atoms with Crippen molar-refractivity contribution in [3.63, 3.8) is 0 Å². The zero-order valence-corrected chi connectivity index (χ0v) is 12.0. The van der Waals surface area contributed by atoms with E-state index < -0.39 is 0 Å². The van der Waals surface area contributed by atoms with Crippen LogP contribution in [0.5, 0.6) is 5.75 Å². The van der Waals surface area contributed by atoms with Gasteiger partial charge in [0.15, 0.2) is 0 Å². The fourth-order valence-corrected chi connectivity index (χ4v) is 2.08. The molecule has 0 aliphatic heterocycles. The van der Waals surface area contributed by atoms with Gasteiger partial charge in [0.1, 0.15) is 11.8 Å². The minimum absolute atomic E-state index is 0.558. The highest BCUT2D eigenvalue weighted by molar-refractivity contribution is 5.54. The molecule has 2 rings (SSSR count). The molecule has 0 heterocycles. The highest BCUT2D eigenvalue weighted by atomic mass is 16.5. The van der Waals surface area contributed by atoms with Crippen molar-refractivity contribution in [1.82, 2.24) is 0 Å². The number of rotatable bonds is 4. The second kappa shape index (κ2) is 6.12. The van der Waals surface area contributed by atoms with E-state index in [9.17, 15) is 0 Å². The maximum atomic E-state index is 8.97. The molecule has 2 aromatic rings. The smallest absolute Gasteiger partial charge is 0.136 e. The minimum Gasteiger partial charge on any atom is -0.495 e. The van der Waals surface area contributed by atoms with Crippen LogP contribution in [0.3, 0.4) is 0 Å². The van der Waals surface area contributed by atoms with E-state index in [0.717, 1.165) is 11.3 Å². The molecule has 2 aromatic carbocycles. The fraction of sp³-hybridized carbons (Fsp3) is 0.235. The van der Waals surface area contributed by atoms with Crippen molar-refractivity contribution in [2.75, 3.05) is 12.4 Å². The minimum atomic E-state index is 0.558. The van der Waals surface area contributed by atoms with E-state index in [2.05, 4.69) is 37.4 Å². The van der Waals surface area contributed by atoms with Crippen molar-refractivity contribution in [3.8, 4) is 11.8 Å². The van der Waals surface area contributed by atoms with Gasteiger partial charge in [0.25, 0.3) is 0 Å². The van der Waals surface area contributed by atoms with E-state index >= 15 is 0 Å². The topological polar surface area (TPSA) is 45.0 Å². The maximum absolute atomic E-state index is 8.97. The van der Waals surface area contributed by atoms with Crippen LogP contribution in [0, 0.1) is 25.2 Å². The Morgan fingerprint density at radius 2 is 2.00 bits per heavy atom. The molecule has 20 heavy (non-hydrogen) atoms. The van der Waals surface area contributed by atoms with Crippen LogP contribution in [0.2, 0.25) is 0 Å². The Hall–Kier alpha value is -2.47. The molecular weight excluding hydrogens is 248 g/mol. The molecule has 0 aliphatic rings. The summed E-state index contributed by atoms with van der Waals surface area (Å²) < 4.78 is 5.22. The van der Waals surface area contributed by atoms with Crippen LogP contribution < -0.4 is 10.1 Å². The van der Waals surface area contributed by atoms with Crippen LogP contribution in [-0.2, 0) is 6.54 Å². The van der Waals surface area contributed by atoms with Crippen LogP contribution in [0.15, 0.2) is 36.4 Å². The van der Waals surface area contributed by atoms with Crippen molar-refractivity contribution in [2.24, 2.45) is 0 Å². The van der Waals surface area contributed by atoms with Crippen molar-refractivity contribution >= 4 is 5.69 Å². The lowest BCUT2D eigenvalue weighted by atomic mass is 10.1. The lowest BCUT2D eigenvalue weighted by molar-refractivity contribution is 0.413. The zero-order chi connectivity index (χ0) is 14.5. The molecule has 0 amide bonds. The molecule has 0 atom stereocenters. The van der Waals surface area contributed by atoms with Crippen LogP contribution in [0.4, 0.5) is 5.69 Å². The van der Waals surface area contributed by atoms with Crippen molar-refractivity contribution < 1.29 is 4.74 Å². The summed E-state index contributed by atoms with van der Waals surface area (Å²) in [5.41, 5.74) is 5.30. The van der Waals surface area contributed by atoms with Crippen LogP contribution in [0.1, 0.15) is 22.3 Å². The van der Waals surface area contributed by atoms with Crippen LogP contribution >= 0.6 is 0 Å². The molecule has 0 bridgehead atoms. The standard InChI is InChI=1S/C17H18N2O/c1-12-5-4-6-16(13(12)2)19-11-14-7-8-15(10-18)17(9-14)20-3/h4-9,19H,11H2,1-3H3. The summed E-state index contributed by atoms with van der Waals surface area (Å²) in [7, 11) is 1.58. The number of nitriles is 1. The monoisotopic (exact) mass is 266 g/mol. The van der Waals surface area contributed by atoms with E-state index in [-0.39, 0.29) is 0 Å². The SMILES string of the molecule is COc1cc(CNc2cccc(C)c2C)ccc1C#N. The number of ether oxygens (including phenoxy) is 1. The van der Waals surface area contributed by atoms with Gasteiger partial charge >= 0.3 is 0 Å². The Labute approximate surface area is 119 Å². The molecule has 0 aromatic heterocycles. The van der Waals surface area contributed by atoms with Gasteiger partial charge < -0.3 is 10.1 Å². The van der Waals surface area contributed by atoms with E-state index in [1.54, 1.807) is 13.2 Å². The molecule has 0 radical (unpaired) electrons. The van der Waals surface area contributed by atoms with Gasteiger partial charge in [0.05, 0.1) is 12.7 Å². The second-order valence-electron chi connectivity index (χ2n) is 4.75. The Kier molecular flexibility index (Phi) is 4.27. The largest absolute Gasteiger partial charge is 0.495 e. The summed E-state index contributed by atoms with van der Waals surface area (Å²) >= 11 is 0. The number of hydrogen-bond donors (Lipinski definition) is 1. The van der Waals surface area contributed by atoms with E-state index in [0.29, 0.717) is 17.9 Å². The average Bonchev–Trinajstić information content (AvgIpc) is 2.48. The van der Waals surface area contributed by atoms with E-state index in [1.165, 1.54) is 11.1 Å². The number of methoxy groups -OCH3 is 1. The van der Waals surface area contributed by atoms with Crippen LogP contribution in [-0.4, -0.2) is 7.11 Å². The van der Waals surface area contributed by atoms with Gasteiger partial charge in [0.2, 0.25) is 0 Å². The molecule has 3 heteroatoms. The molecule has 102 valence electrons. The number of benzene rings is 2. The van der Waals surface area contributed by atoms with Crippen molar-refractivity contribution in [2.45, 2.75) is 20.4 Å². The Bertz CT molecular complexity index is 657. The summed E-state index contributed by atoms with van der Waals surface area (Å²) in [6.07, 6.45) is 0. The summed E-state index contributed by atoms with van der Waals surface area (Å²) in [4.78, 5) is 0. The molecule has 0 unspecified atom stereocenters. The summed E-state index contributed by atoms with van der Waals surface area (Å²) in [5.74, 6) is 0.618. The average molecular weight is 266 g/mol. The fourth-order valence-electron chi connectivity index (χ4n) is 2.08. The number of nitrogens with zero attached hydrogens (tertiary/aromatic N) is 1. The highest BCUT2D eigenvalue weighted by Crippen LogP contribution is 2.22. The normalized spacial score (nSPS) is 9.90. The van der Waals surface area contributed by atoms with Crippen molar-refractivity contribution in [1.29, 1.82) is 5.26 Å². The number of anilines is 1.